The Balaban J connectivity index is 2.00. The molecule has 0 radical (unpaired) electrons. The van der Waals surface area contributed by atoms with Crippen LogP contribution in [0.3, 0.4) is 0 Å². The maximum atomic E-state index is 11.6. The van der Waals surface area contributed by atoms with Crippen LogP contribution in [0.1, 0.15) is 20.8 Å². The van der Waals surface area contributed by atoms with Crippen LogP contribution >= 0.6 is 23.2 Å². The quantitative estimate of drug-likeness (QED) is 0.692. The van der Waals surface area contributed by atoms with Crippen LogP contribution in [0, 0.1) is 0 Å². The van der Waals surface area contributed by atoms with E-state index in [1.807, 2.05) is 31.5 Å². The van der Waals surface area contributed by atoms with Crippen molar-refractivity contribution in [1.29, 1.82) is 0 Å². The number of aromatic nitrogens is 3. The highest BCUT2D eigenvalue weighted by molar-refractivity contribution is 6.35. The summed E-state index contributed by atoms with van der Waals surface area (Å²) >= 11 is 11.8. The Labute approximate surface area is 132 Å². The summed E-state index contributed by atoms with van der Waals surface area (Å²) in [7, 11) is 0. The van der Waals surface area contributed by atoms with Crippen LogP contribution in [-0.2, 0) is 11.3 Å². The molecule has 2 heterocycles. The standard InChI is InChI=1S/C13H16Cl2N4O2/c1-13(2,3)21-12(20)16-5-7-19-6-4-8-9(19)10(14)18-11(15)17-8/h4,6H,5,7H2,1-3H3,(H,16,20). The van der Waals surface area contributed by atoms with Crippen molar-refractivity contribution in [2.75, 3.05) is 6.54 Å². The molecule has 0 aliphatic rings. The van der Waals surface area contributed by atoms with Crippen molar-refractivity contribution < 1.29 is 9.53 Å². The Morgan fingerprint density at radius 1 is 1.38 bits per heavy atom. The highest BCUT2D eigenvalue weighted by Gasteiger charge is 2.16. The lowest BCUT2D eigenvalue weighted by Gasteiger charge is -2.19. The molecule has 8 heteroatoms. The zero-order chi connectivity index (χ0) is 15.6. The summed E-state index contributed by atoms with van der Waals surface area (Å²) in [5.41, 5.74) is 0.835. The van der Waals surface area contributed by atoms with Gasteiger partial charge in [-0.15, -0.1) is 0 Å². The van der Waals surface area contributed by atoms with E-state index >= 15 is 0 Å². The summed E-state index contributed by atoms with van der Waals surface area (Å²) in [4.78, 5) is 19.6. The predicted octanol–water partition coefficient (Wildman–Crippen LogP) is 3.26. The smallest absolute Gasteiger partial charge is 0.407 e. The summed E-state index contributed by atoms with van der Waals surface area (Å²) in [6, 6.07) is 1.79. The molecule has 2 rings (SSSR count). The Morgan fingerprint density at radius 2 is 2.10 bits per heavy atom. The van der Waals surface area contributed by atoms with Crippen LogP contribution in [0.25, 0.3) is 11.0 Å². The van der Waals surface area contributed by atoms with E-state index in [1.165, 1.54) is 0 Å². The fourth-order valence-electron chi connectivity index (χ4n) is 1.81. The molecule has 0 spiro atoms. The van der Waals surface area contributed by atoms with Gasteiger partial charge in [0.2, 0.25) is 5.28 Å². The van der Waals surface area contributed by atoms with Crippen molar-refractivity contribution in [3.8, 4) is 0 Å². The maximum Gasteiger partial charge on any atom is 0.407 e. The first-order valence-electron chi connectivity index (χ1n) is 6.41. The van der Waals surface area contributed by atoms with Gasteiger partial charge in [-0.2, -0.15) is 0 Å². The van der Waals surface area contributed by atoms with Crippen LogP contribution in [0.4, 0.5) is 4.79 Å². The van der Waals surface area contributed by atoms with Crippen LogP contribution in [-0.4, -0.2) is 32.8 Å². The van der Waals surface area contributed by atoms with Crippen molar-refractivity contribution in [3.05, 3.63) is 22.7 Å². The summed E-state index contributed by atoms with van der Waals surface area (Å²) in [6.07, 6.45) is 1.36. The summed E-state index contributed by atoms with van der Waals surface area (Å²) in [6.45, 7) is 6.36. The van der Waals surface area contributed by atoms with E-state index in [1.54, 1.807) is 6.07 Å². The van der Waals surface area contributed by atoms with Gasteiger partial charge in [-0.1, -0.05) is 11.6 Å². The van der Waals surface area contributed by atoms with Gasteiger partial charge >= 0.3 is 6.09 Å². The first kappa shape index (κ1) is 15.9. The number of hydrogen-bond donors (Lipinski definition) is 1. The van der Waals surface area contributed by atoms with Gasteiger partial charge in [-0.25, -0.2) is 14.8 Å². The van der Waals surface area contributed by atoms with Gasteiger partial charge in [0, 0.05) is 19.3 Å². The number of nitrogens with one attached hydrogen (secondary N) is 1. The van der Waals surface area contributed by atoms with Crippen LogP contribution in [0.2, 0.25) is 10.4 Å². The lowest BCUT2D eigenvalue weighted by Crippen LogP contribution is -2.34. The van der Waals surface area contributed by atoms with E-state index in [0.717, 1.165) is 0 Å². The van der Waals surface area contributed by atoms with Gasteiger partial charge in [0.1, 0.15) is 11.1 Å². The largest absolute Gasteiger partial charge is 0.444 e. The number of hydrogen-bond acceptors (Lipinski definition) is 4. The molecule has 114 valence electrons. The van der Waals surface area contributed by atoms with E-state index in [0.29, 0.717) is 24.1 Å². The number of ether oxygens (including phenoxy) is 1. The first-order chi connectivity index (χ1) is 9.76. The molecule has 0 atom stereocenters. The van der Waals surface area contributed by atoms with Crippen molar-refractivity contribution >= 4 is 40.3 Å². The highest BCUT2D eigenvalue weighted by atomic mass is 35.5. The summed E-state index contributed by atoms with van der Waals surface area (Å²) < 4.78 is 7.01. The number of nitrogens with zero attached hydrogens (tertiary/aromatic N) is 3. The second kappa shape index (κ2) is 6.07. The average Bonchev–Trinajstić information content (AvgIpc) is 2.69. The second-order valence-corrected chi connectivity index (χ2v) is 6.15. The van der Waals surface area contributed by atoms with E-state index in [-0.39, 0.29) is 10.4 Å². The molecule has 0 aliphatic heterocycles. The molecular weight excluding hydrogens is 315 g/mol. The predicted molar refractivity (Wildman–Crippen MR) is 81.8 cm³/mol. The minimum absolute atomic E-state index is 0.108. The number of halogens is 2. The van der Waals surface area contributed by atoms with Crippen molar-refractivity contribution in [1.82, 2.24) is 19.9 Å². The summed E-state index contributed by atoms with van der Waals surface area (Å²) in [5, 5.41) is 3.07. The van der Waals surface area contributed by atoms with Crippen LogP contribution in [0.5, 0.6) is 0 Å². The third kappa shape index (κ3) is 4.22. The molecular formula is C13H16Cl2N4O2. The van der Waals surface area contributed by atoms with Crippen LogP contribution in [0.15, 0.2) is 12.3 Å². The van der Waals surface area contributed by atoms with Crippen molar-refractivity contribution in [3.63, 3.8) is 0 Å². The van der Waals surface area contributed by atoms with Gasteiger partial charge in [0.25, 0.3) is 0 Å². The molecule has 0 fully saturated rings. The first-order valence-corrected chi connectivity index (χ1v) is 7.16. The molecule has 2 aromatic rings. The Bertz CT molecular complexity index is 664. The van der Waals surface area contributed by atoms with Gasteiger partial charge in [-0.3, -0.25) is 0 Å². The Hall–Kier alpha value is -1.53. The number of amides is 1. The van der Waals surface area contributed by atoms with Crippen molar-refractivity contribution in [2.45, 2.75) is 32.9 Å². The maximum absolute atomic E-state index is 11.6. The Kier molecular flexibility index (Phi) is 4.58. The fourth-order valence-corrected chi connectivity index (χ4v) is 2.32. The number of alkyl carbamates (subject to hydrolysis) is 1. The monoisotopic (exact) mass is 330 g/mol. The zero-order valence-electron chi connectivity index (χ0n) is 12.0. The van der Waals surface area contributed by atoms with E-state index in [2.05, 4.69) is 15.3 Å². The average molecular weight is 331 g/mol. The molecule has 1 N–H and O–H groups in total. The lowest BCUT2D eigenvalue weighted by molar-refractivity contribution is 0.0526. The lowest BCUT2D eigenvalue weighted by atomic mass is 10.2. The zero-order valence-corrected chi connectivity index (χ0v) is 13.5. The van der Waals surface area contributed by atoms with E-state index < -0.39 is 11.7 Å². The summed E-state index contributed by atoms with van der Waals surface area (Å²) in [5.74, 6) is 0. The molecule has 21 heavy (non-hydrogen) atoms. The minimum atomic E-state index is -0.516. The van der Waals surface area contributed by atoms with Gasteiger partial charge in [0.05, 0.1) is 5.52 Å². The molecule has 0 saturated carbocycles. The van der Waals surface area contributed by atoms with E-state index in [9.17, 15) is 4.79 Å². The number of carbonyl (C=O) groups excluding carboxylic acids is 1. The normalized spacial score (nSPS) is 11.7. The molecule has 0 unspecified atom stereocenters. The SMILES string of the molecule is CC(C)(C)OC(=O)NCCn1ccc2nc(Cl)nc(Cl)c21. The Morgan fingerprint density at radius 3 is 2.76 bits per heavy atom. The van der Waals surface area contributed by atoms with Crippen molar-refractivity contribution in [2.24, 2.45) is 0 Å². The number of fused-ring (bicyclic) bond motifs is 1. The molecule has 1 amide bonds. The molecule has 0 aliphatic carbocycles. The highest BCUT2D eigenvalue weighted by Crippen LogP contribution is 2.22. The third-order valence-corrected chi connectivity index (χ3v) is 2.99. The second-order valence-electron chi connectivity index (χ2n) is 5.46. The van der Waals surface area contributed by atoms with Gasteiger partial charge in [0.15, 0.2) is 5.15 Å². The third-order valence-electron chi connectivity index (χ3n) is 2.56. The fraction of sp³-hybridized carbons (Fsp3) is 0.462. The number of carbonyl (C=O) groups is 1. The van der Waals surface area contributed by atoms with Gasteiger partial charge in [-0.05, 0) is 38.4 Å². The molecule has 6 nitrogen and oxygen atoms in total. The molecule has 0 saturated heterocycles. The minimum Gasteiger partial charge on any atom is -0.444 e. The van der Waals surface area contributed by atoms with Crippen LogP contribution < -0.4 is 5.32 Å². The molecule has 0 aromatic carbocycles. The molecule has 0 bridgehead atoms. The number of rotatable bonds is 3. The topological polar surface area (TPSA) is 69.0 Å². The van der Waals surface area contributed by atoms with Gasteiger partial charge < -0.3 is 14.6 Å². The van der Waals surface area contributed by atoms with E-state index in [4.69, 9.17) is 27.9 Å². The molecule has 2 aromatic heterocycles.